The zero-order valence-electron chi connectivity index (χ0n) is 12.2. The molecule has 110 valence electrons. The Kier molecular flexibility index (Phi) is 5.06. The normalized spacial score (nSPS) is 19.6. The van der Waals surface area contributed by atoms with Gasteiger partial charge in [-0.15, -0.1) is 0 Å². The summed E-state index contributed by atoms with van der Waals surface area (Å²) in [5, 5.41) is 7.20. The maximum atomic E-state index is 12.3. The molecule has 0 spiro atoms. The second kappa shape index (κ2) is 6.59. The van der Waals surface area contributed by atoms with Gasteiger partial charge in [0.2, 0.25) is 5.91 Å². The minimum atomic E-state index is -0.292. The number of hydrogen-bond donors (Lipinski definition) is 2. The Morgan fingerprint density at radius 3 is 2.85 bits per heavy atom. The van der Waals surface area contributed by atoms with Crippen LogP contribution in [-0.4, -0.2) is 24.5 Å². The summed E-state index contributed by atoms with van der Waals surface area (Å²) in [6.45, 7) is 5.90. The molecule has 1 aliphatic heterocycles. The number of carbonyl (C=O) groups is 1. The van der Waals surface area contributed by atoms with Crippen LogP contribution in [0, 0.1) is 5.92 Å². The lowest BCUT2D eigenvalue weighted by atomic mass is 9.92. The Balaban J connectivity index is 1.96. The molecule has 0 saturated carbocycles. The van der Waals surface area contributed by atoms with E-state index in [0.29, 0.717) is 0 Å². The van der Waals surface area contributed by atoms with Gasteiger partial charge in [0.15, 0.2) is 0 Å². The molecule has 1 aliphatic rings. The molecule has 1 aromatic rings. The molecule has 1 aromatic carbocycles. The first-order chi connectivity index (χ1) is 9.48. The average molecular weight is 295 g/mol. The van der Waals surface area contributed by atoms with Crippen LogP contribution in [0.5, 0.6) is 0 Å². The SMILES string of the molecule is CC(C)(Cc1ccccc1Cl)NC(=O)C1CCCNC1. The first-order valence-electron chi connectivity index (χ1n) is 7.24. The molecule has 0 aliphatic carbocycles. The van der Waals surface area contributed by atoms with Crippen molar-refractivity contribution in [1.29, 1.82) is 0 Å². The van der Waals surface area contributed by atoms with Crippen LogP contribution < -0.4 is 10.6 Å². The standard InChI is InChI=1S/C16H23ClN2O/c1-16(2,10-12-6-3-4-8-14(12)17)19-15(20)13-7-5-9-18-11-13/h3-4,6,8,13,18H,5,7,9-11H2,1-2H3,(H,19,20). The Hall–Kier alpha value is -1.06. The summed E-state index contributed by atoms with van der Waals surface area (Å²) < 4.78 is 0. The van der Waals surface area contributed by atoms with Gasteiger partial charge in [0.1, 0.15) is 0 Å². The average Bonchev–Trinajstić information content (AvgIpc) is 2.41. The van der Waals surface area contributed by atoms with Crippen molar-refractivity contribution in [3.63, 3.8) is 0 Å². The van der Waals surface area contributed by atoms with Crippen molar-refractivity contribution < 1.29 is 4.79 Å². The molecule has 0 radical (unpaired) electrons. The van der Waals surface area contributed by atoms with Gasteiger partial charge in [-0.1, -0.05) is 29.8 Å². The number of nitrogens with one attached hydrogen (secondary N) is 2. The predicted molar refractivity (Wildman–Crippen MR) is 83.0 cm³/mol. The number of halogens is 1. The van der Waals surface area contributed by atoms with Crippen LogP contribution in [0.3, 0.4) is 0 Å². The molecule has 0 bridgehead atoms. The lowest BCUT2D eigenvalue weighted by Gasteiger charge is -2.30. The molecule has 4 heteroatoms. The van der Waals surface area contributed by atoms with Crippen LogP contribution in [0.1, 0.15) is 32.3 Å². The second-order valence-corrected chi connectivity index (χ2v) is 6.59. The van der Waals surface area contributed by atoms with Crippen molar-refractivity contribution in [2.75, 3.05) is 13.1 Å². The highest BCUT2D eigenvalue weighted by Gasteiger charge is 2.27. The van der Waals surface area contributed by atoms with Crippen molar-refractivity contribution in [3.8, 4) is 0 Å². The Bertz CT molecular complexity index is 467. The van der Waals surface area contributed by atoms with Crippen molar-refractivity contribution in [1.82, 2.24) is 10.6 Å². The van der Waals surface area contributed by atoms with E-state index >= 15 is 0 Å². The summed E-state index contributed by atoms with van der Waals surface area (Å²) in [6, 6.07) is 7.80. The fraction of sp³-hybridized carbons (Fsp3) is 0.562. The van der Waals surface area contributed by atoms with Gasteiger partial charge in [-0.05, 0) is 51.3 Å². The zero-order chi connectivity index (χ0) is 14.6. The first kappa shape index (κ1) is 15.3. The molecule has 0 aromatic heterocycles. The van der Waals surface area contributed by atoms with Gasteiger partial charge in [0.25, 0.3) is 0 Å². The summed E-state index contributed by atoms with van der Waals surface area (Å²) in [6.07, 6.45) is 2.78. The quantitative estimate of drug-likeness (QED) is 0.896. The van der Waals surface area contributed by atoms with Crippen molar-refractivity contribution in [3.05, 3.63) is 34.9 Å². The molecule has 1 saturated heterocycles. The fourth-order valence-electron chi connectivity index (χ4n) is 2.67. The van der Waals surface area contributed by atoms with Crippen molar-refractivity contribution >= 4 is 17.5 Å². The van der Waals surface area contributed by atoms with E-state index in [0.717, 1.165) is 42.9 Å². The van der Waals surface area contributed by atoms with E-state index in [1.54, 1.807) is 0 Å². The van der Waals surface area contributed by atoms with E-state index in [4.69, 9.17) is 11.6 Å². The molecule has 1 amide bonds. The summed E-state index contributed by atoms with van der Waals surface area (Å²) in [5.74, 6) is 0.239. The monoisotopic (exact) mass is 294 g/mol. The third-order valence-electron chi connectivity index (χ3n) is 3.72. The Morgan fingerprint density at radius 2 is 2.20 bits per heavy atom. The maximum absolute atomic E-state index is 12.3. The van der Waals surface area contributed by atoms with Crippen LogP contribution in [0.2, 0.25) is 5.02 Å². The number of hydrogen-bond acceptors (Lipinski definition) is 2. The van der Waals surface area contributed by atoms with E-state index in [1.807, 2.05) is 38.1 Å². The molecule has 2 N–H and O–H groups in total. The minimum absolute atomic E-state index is 0.0919. The molecule has 2 rings (SSSR count). The van der Waals surface area contributed by atoms with E-state index < -0.39 is 0 Å². The van der Waals surface area contributed by atoms with Gasteiger partial charge in [0, 0.05) is 17.1 Å². The maximum Gasteiger partial charge on any atom is 0.224 e. The number of piperidine rings is 1. The molecular weight excluding hydrogens is 272 g/mol. The number of rotatable bonds is 4. The van der Waals surface area contributed by atoms with E-state index in [1.165, 1.54) is 0 Å². The van der Waals surface area contributed by atoms with Gasteiger partial charge in [-0.3, -0.25) is 4.79 Å². The predicted octanol–water partition coefficient (Wildman–Crippen LogP) is 2.78. The molecule has 1 heterocycles. The molecule has 1 unspecified atom stereocenters. The second-order valence-electron chi connectivity index (χ2n) is 6.18. The topological polar surface area (TPSA) is 41.1 Å². The highest BCUT2D eigenvalue weighted by atomic mass is 35.5. The first-order valence-corrected chi connectivity index (χ1v) is 7.62. The van der Waals surface area contributed by atoms with Crippen LogP contribution in [0.15, 0.2) is 24.3 Å². The summed E-state index contributed by atoms with van der Waals surface area (Å²) in [5.41, 5.74) is 0.778. The lowest BCUT2D eigenvalue weighted by Crippen LogP contribution is -2.50. The van der Waals surface area contributed by atoms with Crippen LogP contribution >= 0.6 is 11.6 Å². The molecule has 20 heavy (non-hydrogen) atoms. The summed E-state index contributed by atoms with van der Waals surface area (Å²) in [7, 11) is 0. The molecule has 1 atom stereocenters. The lowest BCUT2D eigenvalue weighted by molar-refractivity contribution is -0.127. The highest BCUT2D eigenvalue weighted by Crippen LogP contribution is 2.21. The Labute approximate surface area is 126 Å². The number of amides is 1. The zero-order valence-corrected chi connectivity index (χ0v) is 13.0. The van der Waals surface area contributed by atoms with Crippen molar-refractivity contribution in [2.45, 2.75) is 38.6 Å². The van der Waals surface area contributed by atoms with E-state index in [-0.39, 0.29) is 17.4 Å². The van der Waals surface area contributed by atoms with Gasteiger partial charge in [0.05, 0.1) is 5.92 Å². The summed E-state index contributed by atoms with van der Waals surface area (Å²) in [4.78, 5) is 12.3. The largest absolute Gasteiger partial charge is 0.351 e. The summed E-state index contributed by atoms with van der Waals surface area (Å²) >= 11 is 6.19. The Morgan fingerprint density at radius 1 is 1.45 bits per heavy atom. The van der Waals surface area contributed by atoms with Gasteiger partial charge in [-0.25, -0.2) is 0 Å². The third-order valence-corrected chi connectivity index (χ3v) is 4.09. The minimum Gasteiger partial charge on any atom is -0.351 e. The van der Waals surface area contributed by atoms with Crippen LogP contribution in [0.4, 0.5) is 0 Å². The number of carbonyl (C=O) groups excluding carboxylic acids is 1. The number of benzene rings is 1. The molecule has 3 nitrogen and oxygen atoms in total. The van der Waals surface area contributed by atoms with Gasteiger partial charge >= 0.3 is 0 Å². The van der Waals surface area contributed by atoms with Crippen molar-refractivity contribution in [2.24, 2.45) is 5.92 Å². The fourth-order valence-corrected chi connectivity index (χ4v) is 2.88. The molecule has 1 fully saturated rings. The van der Waals surface area contributed by atoms with E-state index in [2.05, 4.69) is 10.6 Å². The highest BCUT2D eigenvalue weighted by molar-refractivity contribution is 6.31. The third kappa shape index (κ3) is 4.22. The molecular formula is C16H23ClN2O. The van der Waals surface area contributed by atoms with Crippen LogP contribution in [-0.2, 0) is 11.2 Å². The van der Waals surface area contributed by atoms with Gasteiger partial charge < -0.3 is 10.6 Å². The van der Waals surface area contributed by atoms with E-state index in [9.17, 15) is 4.79 Å². The van der Waals surface area contributed by atoms with Gasteiger partial charge in [-0.2, -0.15) is 0 Å². The van der Waals surface area contributed by atoms with Crippen LogP contribution in [0.25, 0.3) is 0 Å². The smallest absolute Gasteiger partial charge is 0.224 e.